The van der Waals surface area contributed by atoms with Crippen molar-refractivity contribution in [1.29, 1.82) is 0 Å². The molecule has 1 aromatic carbocycles. The molecule has 0 spiro atoms. The molecule has 0 N–H and O–H groups in total. The van der Waals surface area contributed by atoms with Gasteiger partial charge in [-0.1, -0.05) is 44.2 Å². The molecule has 0 aliphatic carbocycles. The Morgan fingerprint density at radius 2 is 1.24 bits per heavy atom. The van der Waals surface area contributed by atoms with Crippen LogP contribution in [0.5, 0.6) is 0 Å². The Morgan fingerprint density at radius 1 is 0.762 bits per heavy atom. The number of amides is 2. The Labute approximate surface area is 132 Å². The summed E-state index contributed by atoms with van der Waals surface area (Å²) in [6.45, 7) is 0.545. The number of hydrogen-bond donors (Lipinski definition) is 1. The molecule has 1 aromatic rings. The number of benzene rings is 1. The molecule has 0 fully saturated rings. The third-order valence-corrected chi connectivity index (χ3v) is 4.23. The van der Waals surface area contributed by atoms with Crippen LogP contribution in [-0.2, 0) is 0 Å². The van der Waals surface area contributed by atoms with Gasteiger partial charge in [-0.25, -0.2) is 0 Å². The van der Waals surface area contributed by atoms with Gasteiger partial charge in [-0.3, -0.25) is 14.5 Å². The highest BCUT2D eigenvalue weighted by molar-refractivity contribution is 7.80. The van der Waals surface area contributed by atoms with Crippen LogP contribution >= 0.6 is 12.6 Å². The summed E-state index contributed by atoms with van der Waals surface area (Å²) in [5.74, 6) is 0.702. The van der Waals surface area contributed by atoms with Gasteiger partial charge in [0, 0.05) is 6.54 Å². The van der Waals surface area contributed by atoms with Crippen LogP contribution in [0.1, 0.15) is 65.7 Å². The van der Waals surface area contributed by atoms with E-state index in [-0.39, 0.29) is 11.8 Å². The number of carbonyl (C=O) groups excluding carboxylic acids is 2. The first-order valence-electron chi connectivity index (χ1n) is 7.82. The quantitative estimate of drug-likeness (QED) is 0.426. The largest absolute Gasteiger partial charge is 0.274 e. The van der Waals surface area contributed by atoms with Gasteiger partial charge < -0.3 is 0 Å². The first-order chi connectivity index (χ1) is 10.3. The monoisotopic (exact) mass is 305 g/mol. The summed E-state index contributed by atoms with van der Waals surface area (Å²) in [4.78, 5) is 25.7. The minimum atomic E-state index is -0.135. The van der Waals surface area contributed by atoms with Crippen molar-refractivity contribution >= 4 is 24.4 Å². The Morgan fingerprint density at radius 3 is 1.76 bits per heavy atom. The third kappa shape index (κ3) is 4.10. The van der Waals surface area contributed by atoms with Crippen molar-refractivity contribution in [2.75, 3.05) is 12.3 Å². The Hall–Kier alpha value is -1.29. The molecule has 2 rings (SSSR count). The molecule has 4 heteroatoms. The fourth-order valence-corrected chi connectivity index (χ4v) is 2.93. The topological polar surface area (TPSA) is 37.4 Å². The molecule has 0 saturated heterocycles. The molecule has 3 nitrogen and oxygen atoms in total. The molecule has 0 radical (unpaired) electrons. The molecule has 1 aliphatic heterocycles. The lowest BCUT2D eigenvalue weighted by Gasteiger charge is -2.13. The van der Waals surface area contributed by atoms with Crippen molar-refractivity contribution < 1.29 is 9.59 Å². The second kappa shape index (κ2) is 8.23. The van der Waals surface area contributed by atoms with Crippen molar-refractivity contribution in [3.63, 3.8) is 0 Å². The summed E-state index contributed by atoms with van der Waals surface area (Å²) < 4.78 is 0. The summed E-state index contributed by atoms with van der Waals surface area (Å²) in [6, 6.07) is 7.07. The third-order valence-electron chi connectivity index (χ3n) is 3.92. The smallest absolute Gasteiger partial charge is 0.261 e. The summed E-state index contributed by atoms with van der Waals surface area (Å²) in [7, 11) is 0. The van der Waals surface area contributed by atoms with Gasteiger partial charge in [-0.05, 0) is 30.7 Å². The molecule has 0 atom stereocenters. The zero-order chi connectivity index (χ0) is 15.1. The van der Waals surface area contributed by atoms with E-state index in [1.807, 2.05) is 0 Å². The van der Waals surface area contributed by atoms with Gasteiger partial charge in [0.15, 0.2) is 0 Å². The van der Waals surface area contributed by atoms with Gasteiger partial charge in [0.05, 0.1) is 11.1 Å². The average Bonchev–Trinajstić information content (AvgIpc) is 2.75. The van der Waals surface area contributed by atoms with Crippen LogP contribution < -0.4 is 0 Å². The van der Waals surface area contributed by atoms with Crippen LogP contribution in [0.25, 0.3) is 0 Å². The minimum Gasteiger partial charge on any atom is -0.274 e. The zero-order valence-corrected chi connectivity index (χ0v) is 13.3. The normalized spacial score (nSPS) is 13.9. The molecule has 2 amide bonds. The fraction of sp³-hybridized carbons (Fsp3) is 0.529. The molecular formula is C17H23NO2S. The molecular weight excluding hydrogens is 282 g/mol. The second-order valence-electron chi connectivity index (χ2n) is 5.51. The van der Waals surface area contributed by atoms with Gasteiger partial charge in [0.25, 0.3) is 11.8 Å². The van der Waals surface area contributed by atoms with Crippen molar-refractivity contribution in [3.8, 4) is 0 Å². The highest BCUT2D eigenvalue weighted by atomic mass is 32.1. The SMILES string of the molecule is O=C1c2ccccc2C(=O)N1CCCCCCCCCS. The van der Waals surface area contributed by atoms with Gasteiger partial charge >= 0.3 is 0 Å². The number of imide groups is 1. The standard InChI is InChI=1S/C17H23NO2S/c19-16-14-10-6-7-11-15(14)17(20)18(16)12-8-4-2-1-3-5-9-13-21/h6-7,10-11,21H,1-5,8-9,12-13H2. The van der Waals surface area contributed by atoms with Gasteiger partial charge in [-0.15, -0.1) is 0 Å². The molecule has 114 valence electrons. The zero-order valence-electron chi connectivity index (χ0n) is 12.4. The highest BCUT2D eigenvalue weighted by Crippen LogP contribution is 2.22. The maximum atomic E-state index is 12.1. The highest BCUT2D eigenvalue weighted by Gasteiger charge is 2.34. The summed E-state index contributed by atoms with van der Waals surface area (Å²) in [5.41, 5.74) is 1.10. The lowest BCUT2D eigenvalue weighted by molar-refractivity contribution is 0.0651. The number of carbonyl (C=O) groups is 2. The van der Waals surface area contributed by atoms with E-state index in [0.29, 0.717) is 17.7 Å². The predicted octanol–water partition coefficient (Wildman–Crippen LogP) is 3.94. The van der Waals surface area contributed by atoms with Gasteiger partial charge in [0.2, 0.25) is 0 Å². The van der Waals surface area contributed by atoms with E-state index in [1.54, 1.807) is 24.3 Å². The maximum absolute atomic E-state index is 12.1. The van der Waals surface area contributed by atoms with E-state index in [0.717, 1.165) is 18.6 Å². The lowest BCUT2D eigenvalue weighted by Crippen LogP contribution is -2.30. The number of fused-ring (bicyclic) bond motifs is 1. The summed E-state index contributed by atoms with van der Waals surface area (Å²) in [6.07, 6.45) is 8.09. The van der Waals surface area contributed by atoms with Crippen LogP contribution in [0.15, 0.2) is 24.3 Å². The molecule has 1 heterocycles. The minimum absolute atomic E-state index is 0.135. The lowest BCUT2D eigenvalue weighted by atomic mass is 10.1. The van der Waals surface area contributed by atoms with Crippen molar-refractivity contribution in [2.24, 2.45) is 0 Å². The Balaban J connectivity index is 1.69. The van der Waals surface area contributed by atoms with Crippen LogP contribution in [0.3, 0.4) is 0 Å². The summed E-state index contributed by atoms with van der Waals surface area (Å²) >= 11 is 4.20. The van der Waals surface area contributed by atoms with E-state index in [2.05, 4.69) is 12.6 Å². The predicted molar refractivity (Wildman–Crippen MR) is 88.0 cm³/mol. The number of thiol groups is 1. The first-order valence-corrected chi connectivity index (χ1v) is 8.45. The van der Waals surface area contributed by atoms with Gasteiger partial charge in [0.1, 0.15) is 0 Å². The van der Waals surface area contributed by atoms with E-state index >= 15 is 0 Å². The van der Waals surface area contributed by atoms with E-state index in [1.165, 1.54) is 37.0 Å². The summed E-state index contributed by atoms with van der Waals surface area (Å²) in [5, 5.41) is 0. The fourth-order valence-electron chi connectivity index (χ4n) is 2.71. The van der Waals surface area contributed by atoms with Crippen LogP contribution in [0.2, 0.25) is 0 Å². The Kier molecular flexibility index (Phi) is 6.30. The molecule has 0 aromatic heterocycles. The molecule has 0 bridgehead atoms. The first kappa shape index (κ1) is 16.1. The maximum Gasteiger partial charge on any atom is 0.261 e. The van der Waals surface area contributed by atoms with E-state index in [4.69, 9.17) is 0 Å². The van der Waals surface area contributed by atoms with Crippen molar-refractivity contribution in [2.45, 2.75) is 44.9 Å². The molecule has 0 saturated carbocycles. The number of hydrogen-bond acceptors (Lipinski definition) is 3. The van der Waals surface area contributed by atoms with E-state index < -0.39 is 0 Å². The Bertz CT molecular complexity index is 466. The van der Waals surface area contributed by atoms with Crippen LogP contribution in [0.4, 0.5) is 0 Å². The number of unbranched alkanes of at least 4 members (excludes halogenated alkanes) is 6. The average molecular weight is 305 g/mol. The van der Waals surface area contributed by atoms with Crippen molar-refractivity contribution in [1.82, 2.24) is 4.90 Å². The molecule has 1 aliphatic rings. The van der Waals surface area contributed by atoms with E-state index in [9.17, 15) is 9.59 Å². The van der Waals surface area contributed by atoms with Crippen LogP contribution in [0, 0.1) is 0 Å². The van der Waals surface area contributed by atoms with Crippen LogP contribution in [-0.4, -0.2) is 29.0 Å². The van der Waals surface area contributed by atoms with Crippen molar-refractivity contribution in [3.05, 3.63) is 35.4 Å². The number of nitrogens with zero attached hydrogens (tertiary/aromatic N) is 1. The molecule has 21 heavy (non-hydrogen) atoms. The second-order valence-corrected chi connectivity index (χ2v) is 5.95. The van der Waals surface area contributed by atoms with Gasteiger partial charge in [-0.2, -0.15) is 12.6 Å². The molecule has 0 unspecified atom stereocenters. The number of rotatable bonds is 9.